The van der Waals surface area contributed by atoms with E-state index in [0.29, 0.717) is 11.6 Å². The molecule has 1 rings (SSSR count). The van der Waals surface area contributed by atoms with Gasteiger partial charge in [-0.15, -0.1) is 37.2 Å². The predicted molar refractivity (Wildman–Crippen MR) is 52.6 cm³/mol. The van der Waals surface area contributed by atoms with Crippen molar-refractivity contribution in [2.75, 3.05) is 11.5 Å². The Labute approximate surface area is 83.0 Å². The Morgan fingerprint density at radius 1 is 0.818 bits per heavy atom. The van der Waals surface area contributed by atoms with Crippen LogP contribution in [0.15, 0.2) is 12.4 Å². The zero-order valence-corrected chi connectivity index (χ0v) is 7.88. The van der Waals surface area contributed by atoms with Gasteiger partial charge in [-0.1, -0.05) is 0 Å². The lowest BCUT2D eigenvalue weighted by Gasteiger charge is -1.88. The van der Waals surface area contributed by atoms with Crippen molar-refractivity contribution in [2.24, 2.45) is 0 Å². The molecule has 0 atom stereocenters. The largest absolute Gasteiger partial charge is 0.382 e. The first-order chi connectivity index (χ1) is 3.79. The van der Waals surface area contributed by atoms with Crippen molar-refractivity contribution in [3.63, 3.8) is 0 Å². The Morgan fingerprint density at radius 2 is 1.09 bits per heavy atom. The van der Waals surface area contributed by atoms with E-state index < -0.39 is 0 Å². The molecule has 4 nitrogen and oxygen atoms in total. The van der Waals surface area contributed by atoms with Crippen LogP contribution in [0.25, 0.3) is 0 Å². The van der Waals surface area contributed by atoms with Gasteiger partial charge >= 0.3 is 0 Å². The zero-order chi connectivity index (χ0) is 5.98. The molecule has 1 heterocycles. The van der Waals surface area contributed by atoms with Gasteiger partial charge in [0.15, 0.2) is 0 Å². The molecule has 1 aromatic heterocycles. The molecule has 0 aliphatic heterocycles. The van der Waals surface area contributed by atoms with Crippen molar-refractivity contribution >= 4 is 48.9 Å². The van der Waals surface area contributed by atoms with Gasteiger partial charge in [0.05, 0.1) is 12.4 Å². The molecular weight excluding hydrogens is 210 g/mol. The molecule has 7 heteroatoms. The summed E-state index contributed by atoms with van der Waals surface area (Å²) in [7, 11) is 0. The molecule has 0 amide bonds. The van der Waals surface area contributed by atoms with Gasteiger partial charge in [-0.2, -0.15) is 0 Å². The van der Waals surface area contributed by atoms with Gasteiger partial charge < -0.3 is 11.5 Å². The van der Waals surface area contributed by atoms with E-state index in [4.69, 9.17) is 11.5 Å². The lowest BCUT2D eigenvalue weighted by molar-refractivity contribution is 1.22. The molecule has 0 aromatic carbocycles. The van der Waals surface area contributed by atoms with Crippen LogP contribution in [0.5, 0.6) is 0 Å². The van der Waals surface area contributed by atoms with Gasteiger partial charge in [0.1, 0.15) is 11.6 Å². The minimum atomic E-state index is 0. The first-order valence-corrected chi connectivity index (χ1v) is 2.12. The van der Waals surface area contributed by atoms with Crippen LogP contribution in [0.3, 0.4) is 0 Å². The van der Waals surface area contributed by atoms with Crippen LogP contribution in [-0.4, -0.2) is 9.97 Å². The quantitative estimate of drug-likeness (QED) is 0.680. The van der Waals surface area contributed by atoms with Gasteiger partial charge in [-0.3, -0.25) is 0 Å². The Balaban J connectivity index is -0.000000213. The highest BCUT2D eigenvalue weighted by Crippen LogP contribution is 1.94. The number of hydrogen-bond acceptors (Lipinski definition) is 4. The number of rotatable bonds is 0. The molecule has 0 saturated carbocycles. The smallest absolute Gasteiger partial charge is 0.142 e. The van der Waals surface area contributed by atoms with E-state index >= 15 is 0 Å². The third kappa shape index (κ3) is 5.97. The van der Waals surface area contributed by atoms with Gasteiger partial charge in [0.25, 0.3) is 0 Å². The molecule has 4 N–H and O–H groups in total. The first kappa shape index (κ1) is 16.9. The second-order valence-corrected chi connectivity index (χ2v) is 1.37. The highest BCUT2D eigenvalue weighted by atomic mass is 35.5. The Hall–Kier alpha value is -0.450. The molecule has 0 aliphatic rings. The molecule has 0 bridgehead atoms. The molecule has 66 valence electrons. The topological polar surface area (TPSA) is 77.8 Å². The van der Waals surface area contributed by atoms with E-state index in [1.165, 1.54) is 12.4 Å². The van der Waals surface area contributed by atoms with Crippen LogP contribution in [-0.2, 0) is 0 Å². The second-order valence-electron chi connectivity index (χ2n) is 1.37. The molecule has 0 spiro atoms. The standard InChI is InChI=1S/C4H6N4.3ClH/c5-3-1-7-4(6)2-8-3;;;/h1-2H,(H2,6,7)(H2,5,8);3*1H. The van der Waals surface area contributed by atoms with Crippen LogP contribution in [0.2, 0.25) is 0 Å². The lowest BCUT2D eigenvalue weighted by atomic mass is 10.6. The number of nitrogens with zero attached hydrogens (tertiary/aromatic N) is 2. The summed E-state index contributed by atoms with van der Waals surface area (Å²) in [4.78, 5) is 7.34. The maximum Gasteiger partial charge on any atom is 0.142 e. The number of aromatic nitrogens is 2. The molecular formula is C4H9Cl3N4. The monoisotopic (exact) mass is 218 g/mol. The fraction of sp³-hybridized carbons (Fsp3) is 0. The minimum absolute atomic E-state index is 0. The van der Waals surface area contributed by atoms with Crippen LogP contribution in [0, 0.1) is 0 Å². The van der Waals surface area contributed by atoms with E-state index in [0.717, 1.165) is 0 Å². The number of nitrogens with two attached hydrogens (primary N) is 2. The van der Waals surface area contributed by atoms with Crippen molar-refractivity contribution < 1.29 is 0 Å². The maximum atomic E-state index is 5.20. The van der Waals surface area contributed by atoms with Gasteiger partial charge in [0, 0.05) is 0 Å². The summed E-state index contributed by atoms with van der Waals surface area (Å²) in [5, 5.41) is 0. The fourth-order valence-corrected chi connectivity index (χ4v) is 0.348. The van der Waals surface area contributed by atoms with Crippen LogP contribution >= 0.6 is 37.2 Å². The average molecular weight is 220 g/mol. The summed E-state index contributed by atoms with van der Waals surface area (Å²) in [6.45, 7) is 0. The predicted octanol–water partition coefficient (Wildman–Crippen LogP) is 0.906. The normalized spacial score (nSPS) is 6.55. The molecule has 0 unspecified atom stereocenters. The molecule has 1 aromatic rings. The third-order valence-electron chi connectivity index (χ3n) is 0.692. The van der Waals surface area contributed by atoms with Crippen molar-refractivity contribution in [1.82, 2.24) is 9.97 Å². The summed E-state index contributed by atoms with van der Waals surface area (Å²) < 4.78 is 0. The van der Waals surface area contributed by atoms with Crippen molar-refractivity contribution in [2.45, 2.75) is 0 Å². The van der Waals surface area contributed by atoms with Crippen LogP contribution in [0.4, 0.5) is 11.6 Å². The SMILES string of the molecule is Cl.Cl.Cl.Nc1cnc(N)cn1. The molecule has 0 saturated heterocycles. The van der Waals surface area contributed by atoms with Gasteiger partial charge in [0.2, 0.25) is 0 Å². The summed E-state index contributed by atoms with van der Waals surface area (Å²) >= 11 is 0. The highest BCUT2D eigenvalue weighted by Gasteiger charge is 1.83. The van der Waals surface area contributed by atoms with Crippen molar-refractivity contribution in [3.8, 4) is 0 Å². The summed E-state index contributed by atoms with van der Waals surface area (Å²) in [6, 6.07) is 0. The molecule has 0 radical (unpaired) electrons. The zero-order valence-electron chi connectivity index (χ0n) is 5.43. The Bertz CT molecular complexity index is 156. The molecule has 11 heavy (non-hydrogen) atoms. The number of nitrogen functional groups attached to an aromatic ring is 2. The fourth-order valence-electron chi connectivity index (χ4n) is 0.348. The van der Waals surface area contributed by atoms with E-state index in [1.807, 2.05) is 0 Å². The number of halogens is 3. The van der Waals surface area contributed by atoms with Crippen LogP contribution in [0.1, 0.15) is 0 Å². The minimum Gasteiger partial charge on any atom is -0.382 e. The van der Waals surface area contributed by atoms with E-state index in [9.17, 15) is 0 Å². The van der Waals surface area contributed by atoms with Gasteiger partial charge in [-0.25, -0.2) is 9.97 Å². The molecule has 0 aliphatic carbocycles. The highest BCUT2D eigenvalue weighted by molar-refractivity contribution is 5.86. The lowest BCUT2D eigenvalue weighted by Crippen LogP contribution is -1.94. The van der Waals surface area contributed by atoms with Gasteiger partial charge in [-0.05, 0) is 0 Å². The Kier molecular flexibility index (Phi) is 11.7. The number of hydrogen-bond donors (Lipinski definition) is 2. The summed E-state index contributed by atoms with van der Waals surface area (Å²) in [6.07, 6.45) is 2.82. The number of anilines is 2. The first-order valence-electron chi connectivity index (χ1n) is 2.12. The van der Waals surface area contributed by atoms with E-state index in [1.54, 1.807) is 0 Å². The van der Waals surface area contributed by atoms with Crippen molar-refractivity contribution in [3.05, 3.63) is 12.4 Å². The van der Waals surface area contributed by atoms with Crippen LogP contribution < -0.4 is 11.5 Å². The average Bonchev–Trinajstić information content (AvgIpc) is 1.77. The van der Waals surface area contributed by atoms with Crippen molar-refractivity contribution in [1.29, 1.82) is 0 Å². The summed E-state index contributed by atoms with van der Waals surface area (Å²) in [5.41, 5.74) is 10.4. The Morgan fingerprint density at radius 3 is 1.27 bits per heavy atom. The third-order valence-corrected chi connectivity index (χ3v) is 0.692. The molecule has 0 fully saturated rings. The van der Waals surface area contributed by atoms with E-state index in [2.05, 4.69) is 9.97 Å². The maximum absolute atomic E-state index is 5.20. The van der Waals surface area contributed by atoms with E-state index in [-0.39, 0.29) is 37.2 Å². The second kappa shape index (κ2) is 7.65. The summed E-state index contributed by atoms with van der Waals surface area (Å²) in [5.74, 6) is 0.776.